The van der Waals surface area contributed by atoms with Crippen LogP contribution in [-0.4, -0.2) is 29.3 Å². The number of rotatable bonds is 6. The van der Waals surface area contributed by atoms with Crippen LogP contribution >= 0.6 is 11.3 Å². The predicted octanol–water partition coefficient (Wildman–Crippen LogP) is 4.00. The third-order valence-corrected chi connectivity index (χ3v) is 4.64. The number of hydrogen-bond acceptors (Lipinski definition) is 6. The largest absolute Gasteiger partial charge is 0.497 e. The fourth-order valence-electron chi connectivity index (χ4n) is 2.25. The minimum Gasteiger partial charge on any atom is -0.497 e. The van der Waals surface area contributed by atoms with Crippen LogP contribution in [0.25, 0.3) is 10.8 Å². The Morgan fingerprint density at radius 3 is 2.65 bits per heavy atom. The van der Waals surface area contributed by atoms with Crippen LogP contribution in [0.3, 0.4) is 0 Å². The molecule has 1 atom stereocenters. The standard InChI is InChI=1S/C17H19N3O2S/c1-12(16-18-19-17(22-16)15-5-4-10-23-15)20(2)11-13-6-8-14(21-3)9-7-13/h4-10,12H,11H2,1-3H3/t12-/m1/s1. The maximum Gasteiger partial charge on any atom is 0.257 e. The molecular weight excluding hydrogens is 310 g/mol. The Kier molecular flexibility index (Phi) is 4.73. The first-order valence-corrected chi connectivity index (χ1v) is 8.26. The van der Waals surface area contributed by atoms with Crippen molar-refractivity contribution >= 4 is 11.3 Å². The molecule has 0 aliphatic rings. The van der Waals surface area contributed by atoms with Gasteiger partial charge in [-0.25, -0.2) is 0 Å². The number of nitrogens with zero attached hydrogens (tertiary/aromatic N) is 3. The molecule has 0 fully saturated rings. The quantitative estimate of drug-likeness (QED) is 0.684. The number of hydrogen-bond donors (Lipinski definition) is 0. The van der Waals surface area contributed by atoms with Crippen molar-refractivity contribution in [3.8, 4) is 16.5 Å². The SMILES string of the molecule is COc1ccc(CN(C)[C@H](C)c2nnc(-c3cccs3)o2)cc1. The van der Waals surface area contributed by atoms with E-state index in [1.54, 1.807) is 18.4 Å². The lowest BCUT2D eigenvalue weighted by molar-refractivity contribution is 0.218. The van der Waals surface area contributed by atoms with Crippen LogP contribution in [0.2, 0.25) is 0 Å². The fraction of sp³-hybridized carbons (Fsp3) is 0.294. The van der Waals surface area contributed by atoms with Crippen molar-refractivity contribution in [2.45, 2.75) is 19.5 Å². The molecule has 3 rings (SSSR count). The highest BCUT2D eigenvalue weighted by atomic mass is 32.1. The summed E-state index contributed by atoms with van der Waals surface area (Å²) in [5.41, 5.74) is 1.21. The average Bonchev–Trinajstić information content (AvgIpc) is 3.26. The highest BCUT2D eigenvalue weighted by Gasteiger charge is 2.19. The Morgan fingerprint density at radius 2 is 2.00 bits per heavy atom. The van der Waals surface area contributed by atoms with Crippen LogP contribution in [0.1, 0.15) is 24.4 Å². The molecule has 0 N–H and O–H groups in total. The summed E-state index contributed by atoms with van der Waals surface area (Å²) >= 11 is 1.59. The summed E-state index contributed by atoms with van der Waals surface area (Å²) in [5, 5.41) is 10.3. The van der Waals surface area contributed by atoms with Crippen molar-refractivity contribution in [2.75, 3.05) is 14.2 Å². The molecule has 5 nitrogen and oxygen atoms in total. The van der Waals surface area contributed by atoms with E-state index in [4.69, 9.17) is 9.15 Å². The van der Waals surface area contributed by atoms with E-state index in [0.717, 1.165) is 17.2 Å². The highest BCUT2D eigenvalue weighted by molar-refractivity contribution is 7.13. The molecule has 0 saturated carbocycles. The third kappa shape index (κ3) is 3.60. The van der Waals surface area contributed by atoms with Crippen LogP contribution < -0.4 is 4.74 Å². The summed E-state index contributed by atoms with van der Waals surface area (Å²) in [6.45, 7) is 2.86. The summed E-state index contributed by atoms with van der Waals surface area (Å²) in [6.07, 6.45) is 0. The second-order valence-electron chi connectivity index (χ2n) is 5.36. The van der Waals surface area contributed by atoms with Gasteiger partial charge in [0, 0.05) is 6.54 Å². The minimum absolute atomic E-state index is 0.0401. The molecule has 0 spiro atoms. The number of methoxy groups -OCH3 is 1. The van der Waals surface area contributed by atoms with Gasteiger partial charge in [-0.05, 0) is 43.1 Å². The van der Waals surface area contributed by atoms with Gasteiger partial charge in [-0.2, -0.15) is 0 Å². The zero-order valence-corrected chi connectivity index (χ0v) is 14.2. The Balaban J connectivity index is 1.68. The fourth-order valence-corrected chi connectivity index (χ4v) is 2.89. The summed E-state index contributed by atoms with van der Waals surface area (Å²) in [5.74, 6) is 2.08. The lowest BCUT2D eigenvalue weighted by Gasteiger charge is -2.21. The molecule has 23 heavy (non-hydrogen) atoms. The van der Waals surface area contributed by atoms with E-state index in [9.17, 15) is 0 Å². The lowest BCUT2D eigenvalue weighted by atomic mass is 10.2. The van der Waals surface area contributed by atoms with Gasteiger partial charge in [-0.3, -0.25) is 4.90 Å². The Bertz CT molecular complexity index is 738. The van der Waals surface area contributed by atoms with Crippen molar-refractivity contribution in [2.24, 2.45) is 0 Å². The van der Waals surface area contributed by atoms with Gasteiger partial charge < -0.3 is 9.15 Å². The lowest BCUT2D eigenvalue weighted by Crippen LogP contribution is -2.22. The van der Waals surface area contributed by atoms with Gasteiger partial charge in [0.05, 0.1) is 18.0 Å². The van der Waals surface area contributed by atoms with Gasteiger partial charge in [0.15, 0.2) is 0 Å². The molecule has 1 aromatic carbocycles. The summed E-state index contributed by atoms with van der Waals surface area (Å²) < 4.78 is 11.0. The first-order chi connectivity index (χ1) is 11.2. The predicted molar refractivity (Wildman–Crippen MR) is 90.5 cm³/mol. The highest BCUT2D eigenvalue weighted by Crippen LogP contribution is 2.27. The molecule has 120 valence electrons. The summed E-state index contributed by atoms with van der Waals surface area (Å²) in [7, 11) is 3.72. The van der Waals surface area contributed by atoms with Crippen LogP contribution in [-0.2, 0) is 6.54 Å². The molecule has 0 aliphatic carbocycles. The number of thiophene rings is 1. The van der Waals surface area contributed by atoms with Crippen molar-refractivity contribution in [3.05, 3.63) is 53.2 Å². The first-order valence-electron chi connectivity index (χ1n) is 7.38. The Labute approximate surface area is 139 Å². The molecule has 2 heterocycles. The topological polar surface area (TPSA) is 51.4 Å². The van der Waals surface area contributed by atoms with Gasteiger partial charge >= 0.3 is 0 Å². The van der Waals surface area contributed by atoms with Crippen LogP contribution in [0.5, 0.6) is 5.75 Å². The number of ether oxygens (including phenoxy) is 1. The van der Waals surface area contributed by atoms with Crippen LogP contribution in [0.4, 0.5) is 0 Å². The van der Waals surface area contributed by atoms with E-state index >= 15 is 0 Å². The van der Waals surface area contributed by atoms with Crippen molar-refractivity contribution in [1.29, 1.82) is 0 Å². The normalized spacial score (nSPS) is 12.5. The van der Waals surface area contributed by atoms with Gasteiger partial charge in [0.2, 0.25) is 5.89 Å². The van der Waals surface area contributed by atoms with E-state index in [0.29, 0.717) is 11.8 Å². The second-order valence-corrected chi connectivity index (χ2v) is 6.31. The van der Waals surface area contributed by atoms with Crippen LogP contribution in [0.15, 0.2) is 46.2 Å². The molecule has 0 aliphatic heterocycles. The van der Waals surface area contributed by atoms with E-state index < -0.39 is 0 Å². The molecule has 0 bridgehead atoms. The van der Waals surface area contributed by atoms with E-state index in [2.05, 4.69) is 34.2 Å². The Hall–Kier alpha value is -2.18. The van der Waals surface area contributed by atoms with Gasteiger partial charge in [-0.15, -0.1) is 21.5 Å². The molecule has 0 unspecified atom stereocenters. The van der Waals surface area contributed by atoms with Gasteiger partial charge in [0.1, 0.15) is 5.75 Å². The van der Waals surface area contributed by atoms with Crippen molar-refractivity contribution in [1.82, 2.24) is 15.1 Å². The summed E-state index contributed by atoms with van der Waals surface area (Å²) in [4.78, 5) is 3.17. The van der Waals surface area contributed by atoms with Gasteiger partial charge in [-0.1, -0.05) is 18.2 Å². The first kappa shape index (κ1) is 15.7. The van der Waals surface area contributed by atoms with E-state index in [1.165, 1.54) is 5.56 Å². The third-order valence-electron chi connectivity index (χ3n) is 3.78. The van der Waals surface area contributed by atoms with E-state index in [1.807, 2.05) is 36.7 Å². The minimum atomic E-state index is 0.0401. The number of aromatic nitrogens is 2. The molecule has 0 radical (unpaired) electrons. The summed E-state index contributed by atoms with van der Waals surface area (Å²) in [6, 6.07) is 12.1. The monoisotopic (exact) mass is 329 g/mol. The smallest absolute Gasteiger partial charge is 0.257 e. The maximum absolute atomic E-state index is 5.81. The van der Waals surface area contributed by atoms with Crippen molar-refractivity contribution < 1.29 is 9.15 Å². The molecule has 0 saturated heterocycles. The zero-order valence-electron chi connectivity index (χ0n) is 13.4. The molecule has 6 heteroatoms. The molecule has 0 amide bonds. The van der Waals surface area contributed by atoms with Crippen molar-refractivity contribution in [3.63, 3.8) is 0 Å². The molecule has 2 aromatic heterocycles. The van der Waals surface area contributed by atoms with Gasteiger partial charge in [0.25, 0.3) is 5.89 Å². The maximum atomic E-state index is 5.81. The molecule has 3 aromatic rings. The second kappa shape index (κ2) is 6.93. The number of benzene rings is 1. The van der Waals surface area contributed by atoms with Crippen LogP contribution in [0, 0.1) is 0 Å². The van der Waals surface area contributed by atoms with E-state index in [-0.39, 0.29) is 6.04 Å². The molecular formula is C17H19N3O2S. The Morgan fingerprint density at radius 1 is 1.22 bits per heavy atom. The average molecular weight is 329 g/mol. The zero-order chi connectivity index (χ0) is 16.2.